The number of aryl methyl sites for hydroxylation is 2. The molecule has 0 atom stereocenters. The lowest BCUT2D eigenvalue weighted by molar-refractivity contribution is -0.116. The van der Waals surface area contributed by atoms with Gasteiger partial charge in [-0.2, -0.15) is 0 Å². The number of rotatable bonds is 6. The van der Waals surface area contributed by atoms with Crippen LogP contribution in [0.3, 0.4) is 0 Å². The highest BCUT2D eigenvalue weighted by molar-refractivity contribution is 5.94. The van der Waals surface area contributed by atoms with E-state index in [4.69, 9.17) is 4.74 Å². The molecular weight excluding hydrogens is 324 g/mol. The van der Waals surface area contributed by atoms with Gasteiger partial charge in [0.1, 0.15) is 5.75 Å². The van der Waals surface area contributed by atoms with Gasteiger partial charge in [0, 0.05) is 13.1 Å². The number of nitrogens with one attached hydrogen (secondary N) is 1. The van der Waals surface area contributed by atoms with Crippen LogP contribution in [-0.4, -0.2) is 25.6 Å². The van der Waals surface area contributed by atoms with E-state index in [9.17, 15) is 4.79 Å². The van der Waals surface area contributed by atoms with Crippen molar-refractivity contribution in [2.24, 2.45) is 0 Å². The van der Waals surface area contributed by atoms with E-state index < -0.39 is 0 Å². The standard InChI is InChI=1S/C22H28N2O2/c1-17-10-11-18(2)21(16-17)26-15-12-22(25)23-19-8-4-5-9-20(19)24-13-6-3-7-14-24/h4-5,8-11,16H,3,6-7,12-15H2,1-2H3,(H,23,25). The van der Waals surface area contributed by atoms with Crippen LogP contribution in [0.25, 0.3) is 0 Å². The van der Waals surface area contributed by atoms with Crippen molar-refractivity contribution in [3.63, 3.8) is 0 Å². The van der Waals surface area contributed by atoms with Gasteiger partial charge in [-0.25, -0.2) is 0 Å². The number of amides is 1. The summed E-state index contributed by atoms with van der Waals surface area (Å²) in [5, 5.41) is 3.06. The molecule has 1 saturated heterocycles. The first-order valence-electron chi connectivity index (χ1n) is 9.47. The fraction of sp³-hybridized carbons (Fsp3) is 0.409. The number of carbonyl (C=O) groups excluding carboxylic acids is 1. The first kappa shape index (κ1) is 18.3. The lowest BCUT2D eigenvalue weighted by Gasteiger charge is -2.30. The monoisotopic (exact) mass is 352 g/mol. The van der Waals surface area contributed by atoms with Crippen molar-refractivity contribution >= 4 is 17.3 Å². The van der Waals surface area contributed by atoms with E-state index in [1.807, 2.05) is 44.2 Å². The highest BCUT2D eigenvalue weighted by atomic mass is 16.5. The first-order chi connectivity index (χ1) is 12.6. The molecule has 1 amide bonds. The van der Waals surface area contributed by atoms with E-state index in [-0.39, 0.29) is 5.91 Å². The second-order valence-corrected chi connectivity index (χ2v) is 6.98. The highest BCUT2D eigenvalue weighted by Crippen LogP contribution is 2.28. The Morgan fingerprint density at radius 2 is 1.85 bits per heavy atom. The van der Waals surface area contributed by atoms with Crippen LogP contribution in [0.1, 0.15) is 36.8 Å². The minimum atomic E-state index is -0.0141. The maximum atomic E-state index is 12.4. The summed E-state index contributed by atoms with van der Waals surface area (Å²) in [6, 6.07) is 14.2. The van der Waals surface area contributed by atoms with E-state index in [2.05, 4.69) is 22.3 Å². The van der Waals surface area contributed by atoms with Crippen molar-refractivity contribution < 1.29 is 9.53 Å². The smallest absolute Gasteiger partial charge is 0.227 e. The summed E-state index contributed by atoms with van der Waals surface area (Å²) in [4.78, 5) is 14.7. The largest absolute Gasteiger partial charge is 0.493 e. The summed E-state index contributed by atoms with van der Waals surface area (Å²) in [5.74, 6) is 0.839. The summed E-state index contributed by atoms with van der Waals surface area (Å²) in [6.45, 7) is 6.55. The molecule has 1 N–H and O–H groups in total. The topological polar surface area (TPSA) is 41.6 Å². The Hall–Kier alpha value is -2.49. The Labute approximate surface area is 156 Å². The van der Waals surface area contributed by atoms with Gasteiger partial charge in [0.05, 0.1) is 24.4 Å². The molecule has 1 fully saturated rings. The molecule has 3 rings (SSSR count). The van der Waals surface area contributed by atoms with Gasteiger partial charge in [-0.3, -0.25) is 4.79 Å². The number of para-hydroxylation sites is 2. The second-order valence-electron chi connectivity index (χ2n) is 6.98. The lowest BCUT2D eigenvalue weighted by Crippen LogP contribution is -2.30. The van der Waals surface area contributed by atoms with Crippen LogP contribution >= 0.6 is 0 Å². The number of ether oxygens (including phenoxy) is 1. The summed E-state index contributed by atoms with van der Waals surface area (Å²) < 4.78 is 5.80. The maximum Gasteiger partial charge on any atom is 0.227 e. The van der Waals surface area contributed by atoms with E-state index in [1.165, 1.54) is 19.3 Å². The molecule has 0 aromatic heterocycles. The summed E-state index contributed by atoms with van der Waals surface area (Å²) in [5.41, 5.74) is 4.26. The predicted molar refractivity (Wildman–Crippen MR) is 107 cm³/mol. The quantitative estimate of drug-likeness (QED) is 0.819. The number of benzene rings is 2. The molecule has 0 aliphatic carbocycles. The molecule has 1 aliphatic heterocycles. The van der Waals surface area contributed by atoms with Crippen LogP contribution in [0, 0.1) is 13.8 Å². The molecule has 4 heteroatoms. The minimum Gasteiger partial charge on any atom is -0.493 e. The van der Waals surface area contributed by atoms with Crippen LogP contribution in [0.2, 0.25) is 0 Å². The molecule has 26 heavy (non-hydrogen) atoms. The zero-order chi connectivity index (χ0) is 18.4. The van der Waals surface area contributed by atoms with E-state index in [0.29, 0.717) is 13.0 Å². The molecule has 0 saturated carbocycles. The van der Waals surface area contributed by atoms with Gasteiger partial charge < -0.3 is 15.0 Å². The third-order valence-corrected chi connectivity index (χ3v) is 4.81. The van der Waals surface area contributed by atoms with Crippen LogP contribution in [0.4, 0.5) is 11.4 Å². The van der Waals surface area contributed by atoms with E-state index in [1.54, 1.807) is 0 Å². The van der Waals surface area contributed by atoms with Gasteiger partial charge >= 0.3 is 0 Å². The van der Waals surface area contributed by atoms with Gasteiger partial charge in [0.15, 0.2) is 0 Å². The fourth-order valence-corrected chi connectivity index (χ4v) is 3.32. The Morgan fingerprint density at radius 1 is 1.08 bits per heavy atom. The molecule has 0 unspecified atom stereocenters. The fourth-order valence-electron chi connectivity index (χ4n) is 3.32. The van der Waals surface area contributed by atoms with Crippen LogP contribution < -0.4 is 15.0 Å². The van der Waals surface area contributed by atoms with Crippen molar-refractivity contribution in [1.82, 2.24) is 0 Å². The Bertz CT molecular complexity index is 752. The van der Waals surface area contributed by atoms with Crippen LogP contribution in [-0.2, 0) is 4.79 Å². The molecular formula is C22H28N2O2. The molecule has 2 aromatic rings. The molecule has 4 nitrogen and oxygen atoms in total. The summed E-state index contributed by atoms with van der Waals surface area (Å²) in [7, 11) is 0. The first-order valence-corrected chi connectivity index (χ1v) is 9.47. The molecule has 0 spiro atoms. The average Bonchev–Trinajstić information content (AvgIpc) is 2.66. The Balaban J connectivity index is 1.56. The van der Waals surface area contributed by atoms with Crippen molar-refractivity contribution in [1.29, 1.82) is 0 Å². The van der Waals surface area contributed by atoms with E-state index in [0.717, 1.165) is 41.3 Å². The number of nitrogens with zero attached hydrogens (tertiary/aromatic N) is 1. The molecule has 2 aromatic carbocycles. The third kappa shape index (κ3) is 4.78. The molecule has 138 valence electrons. The number of hydrogen-bond acceptors (Lipinski definition) is 3. The lowest BCUT2D eigenvalue weighted by atomic mass is 10.1. The summed E-state index contributed by atoms with van der Waals surface area (Å²) >= 11 is 0. The predicted octanol–water partition coefficient (Wildman–Crippen LogP) is 4.70. The average molecular weight is 352 g/mol. The molecule has 0 bridgehead atoms. The van der Waals surface area contributed by atoms with Gasteiger partial charge in [-0.05, 0) is 62.4 Å². The van der Waals surface area contributed by atoms with Crippen LogP contribution in [0.15, 0.2) is 42.5 Å². The number of hydrogen-bond donors (Lipinski definition) is 1. The zero-order valence-electron chi connectivity index (χ0n) is 15.8. The Morgan fingerprint density at radius 3 is 2.65 bits per heavy atom. The minimum absolute atomic E-state index is 0.0141. The molecule has 0 radical (unpaired) electrons. The third-order valence-electron chi connectivity index (χ3n) is 4.81. The molecule has 1 aliphatic rings. The van der Waals surface area contributed by atoms with Crippen LogP contribution in [0.5, 0.6) is 5.75 Å². The normalized spacial score (nSPS) is 14.2. The van der Waals surface area contributed by atoms with Crippen molar-refractivity contribution in [2.45, 2.75) is 39.5 Å². The molecule has 1 heterocycles. The summed E-state index contributed by atoms with van der Waals surface area (Å²) in [6.07, 6.45) is 4.06. The van der Waals surface area contributed by atoms with Crippen molar-refractivity contribution in [3.8, 4) is 5.75 Å². The number of carbonyl (C=O) groups is 1. The van der Waals surface area contributed by atoms with Gasteiger partial charge in [-0.1, -0.05) is 24.3 Å². The highest BCUT2D eigenvalue weighted by Gasteiger charge is 2.15. The SMILES string of the molecule is Cc1ccc(C)c(OCCC(=O)Nc2ccccc2N2CCCCC2)c1. The van der Waals surface area contributed by atoms with Gasteiger partial charge in [0.25, 0.3) is 0 Å². The van der Waals surface area contributed by atoms with Gasteiger partial charge in [0.2, 0.25) is 5.91 Å². The van der Waals surface area contributed by atoms with Gasteiger partial charge in [-0.15, -0.1) is 0 Å². The van der Waals surface area contributed by atoms with E-state index >= 15 is 0 Å². The number of piperidine rings is 1. The van der Waals surface area contributed by atoms with Crippen molar-refractivity contribution in [2.75, 3.05) is 29.9 Å². The number of anilines is 2. The van der Waals surface area contributed by atoms with Crippen molar-refractivity contribution in [3.05, 3.63) is 53.6 Å². The second kappa shape index (κ2) is 8.75. The zero-order valence-corrected chi connectivity index (χ0v) is 15.8. The maximum absolute atomic E-state index is 12.4. The Kier molecular flexibility index (Phi) is 6.16.